The minimum absolute atomic E-state index is 0.188. The quantitative estimate of drug-likeness (QED) is 0.860. The average molecular weight is 328 g/mol. The first-order valence-corrected chi connectivity index (χ1v) is 7.63. The average Bonchev–Trinajstić information content (AvgIpc) is 2.77. The zero-order valence-electron chi connectivity index (χ0n) is 13.4. The number of aryl methyl sites for hydroxylation is 1. The summed E-state index contributed by atoms with van der Waals surface area (Å²) in [5.41, 5.74) is 2.72. The van der Waals surface area contributed by atoms with Gasteiger partial charge >= 0.3 is 0 Å². The smallest absolute Gasteiger partial charge is 0.220 e. The van der Waals surface area contributed by atoms with Crippen molar-refractivity contribution in [2.45, 2.75) is 25.8 Å². The minimum Gasteiger partial charge on any atom is -0.493 e. The molecule has 0 spiro atoms. The molecule has 24 heavy (non-hydrogen) atoms. The summed E-state index contributed by atoms with van der Waals surface area (Å²) in [6.07, 6.45) is 2.61. The number of pyridine rings is 1. The van der Waals surface area contributed by atoms with Gasteiger partial charge < -0.3 is 10.1 Å². The maximum atomic E-state index is 13.5. The molecular weight excluding hydrogens is 311 g/mol. The van der Waals surface area contributed by atoms with Gasteiger partial charge in [-0.2, -0.15) is 4.39 Å². The van der Waals surface area contributed by atoms with Gasteiger partial charge in [-0.05, 0) is 47.7 Å². The molecule has 6 heteroatoms. The molecule has 5 nitrogen and oxygen atoms in total. The van der Waals surface area contributed by atoms with Gasteiger partial charge in [-0.1, -0.05) is 6.07 Å². The molecule has 1 aliphatic carbocycles. The van der Waals surface area contributed by atoms with Crippen LogP contribution in [-0.2, 0) is 11.2 Å². The number of carbonyl (C=O) groups is 1. The van der Waals surface area contributed by atoms with E-state index in [2.05, 4.69) is 10.3 Å². The first-order valence-electron chi connectivity index (χ1n) is 7.63. The highest BCUT2D eigenvalue weighted by atomic mass is 19.1. The number of amides is 1. The second-order valence-electron chi connectivity index (χ2n) is 5.74. The minimum atomic E-state index is -0.546. The molecule has 1 aliphatic rings. The lowest BCUT2D eigenvalue weighted by atomic mass is 9.99. The van der Waals surface area contributed by atoms with Gasteiger partial charge in [-0.15, -0.1) is 0 Å². The standard InChI is InChI=1S/C18H17FN2O3/c1-10(22)21-15-5-3-11-7-18(19)20-9-14(11)12-4-6-17(24-2)16(23)8-13(12)15/h4,6-9,15H,3,5H2,1-2H3,(H,21,22)/t15-/m0/s1. The van der Waals surface area contributed by atoms with Crippen LogP contribution in [0.5, 0.6) is 5.75 Å². The number of fused-ring (bicyclic) bond motifs is 3. The molecule has 0 radical (unpaired) electrons. The van der Waals surface area contributed by atoms with Gasteiger partial charge in [0.1, 0.15) is 0 Å². The van der Waals surface area contributed by atoms with E-state index in [4.69, 9.17) is 4.74 Å². The number of aromatic nitrogens is 1. The van der Waals surface area contributed by atoms with Gasteiger partial charge in [0.2, 0.25) is 17.3 Å². The van der Waals surface area contributed by atoms with E-state index in [1.807, 2.05) is 0 Å². The SMILES string of the molecule is COc1ccc2c(cc1=O)[C@@H](NC(C)=O)CCc1cc(F)ncc1-2. The highest BCUT2D eigenvalue weighted by Crippen LogP contribution is 2.36. The summed E-state index contributed by atoms with van der Waals surface area (Å²) < 4.78 is 18.6. The fourth-order valence-corrected chi connectivity index (χ4v) is 3.10. The summed E-state index contributed by atoms with van der Waals surface area (Å²) in [4.78, 5) is 27.6. The number of halogens is 1. The Labute approximate surface area is 138 Å². The Balaban J connectivity index is 2.29. The topological polar surface area (TPSA) is 68.3 Å². The molecule has 1 amide bonds. The van der Waals surface area contributed by atoms with Crippen molar-refractivity contribution < 1.29 is 13.9 Å². The number of hydrogen-bond acceptors (Lipinski definition) is 4. The van der Waals surface area contributed by atoms with Gasteiger partial charge in [-0.25, -0.2) is 4.98 Å². The van der Waals surface area contributed by atoms with Crippen molar-refractivity contribution in [3.63, 3.8) is 0 Å². The van der Waals surface area contributed by atoms with Crippen LogP contribution in [0.3, 0.4) is 0 Å². The van der Waals surface area contributed by atoms with Crippen LogP contribution in [0.25, 0.3) is 11.1 Å². The van der Waals surface area contributed by atoms with E-state index in [1.54, 1.807) is 12.1 Å². The van der Waals surface area contributed by atoms with Crippen LogP contribution in [-0.4, -0.2) is 18.0 Å². The van der Waals surface area contributed by atoms with Crippen molar-refractivity contribution in [2.75, 3.05) is 7.11 Å². The third-order valence-electron chi connectivity index (χ3n) is 4.16. The Morgan fingerprint density at radius 2 is 2.12 bits per heavy atom. The first-order chi connectivity index (χ1) is 11.5. The molecule has 1 aromatic heterocycles. The normalized spacial score (nSPS) is 15.7. The van der Waals surface area contributed by atoms with Gasteiger partial charge in [0.25, 0.3) is 0 Å². The van der Waals surface area contributed by atoms with Crippen molar-refractivity contribution in [1.29, 1.82) is 0 Å². The zero-order valence-corrected chi connectivity index (χ0v) is 13.4. The maximum Gasteiger partial charge on any atom is 0.220 e. The number of ether oxygens (including phenoxy) is 1. The van der Waals surface area contributed by atoms with Crippen LogP contribution >= 0.6 is 0 Å². The van der Waals surface area contributed by atoms with Gasteiger partial charge in [0.05, 0.1) is 13.2 Å². The number of nitrogens with one attached hydrogen (secondary N) is 1. The third-order valence-corrected chi connectivity index (χ3v) is 4.16. The van der Waals surface area contributed by atoms with E-state index in [0.717, 1.165) is 16.7 Å². The number of rotatable bonds is 2. The lowest BCUT2D eigenvalue weighted by Crippen LogP contribution is -2.26. The zero-order chi connectivity index (χ0) is 17.3. The van der Waals surface area contributed by atoms with Crippen LogP contribution in [0.15, 0.2) is 35.3 Å². The molecule has 0 fully saturated rings. The van der Waals surface area contributed by atoms with Crippen LogP contribution in [0.1, 0.15) is 30.5 Å². The van der Waals surface area contributed by atoms with E-state index in [-0.39, 0.29) is 23.1 Å². The Morgan fingerprint density at radius 1 is 1.33 bits per heavy atom. The highest BCUT2D eigenvalue weighted by molar-refractivity contribution is 5.76. The molecule has 1 heterocycles. The van der Waals surface area contributed by atoms with Crippen LogP contribution in [0.2, 0.25) is 0 Å². The molecule has 1 N–H and O–H groups in total. The van der Waals surface area contributed by atoms with E-state index in [9.17, 15) is 14.0 Å². The molecular formula is C18H17FN2O3. The van der Waals surface area contributed by atoms with Crippen LogP contribution in [0.4, 0.5) is 4.39 Å². The van der Waals surface area contributed by atoms with Crippen molar-refractivity contribution in [1.82, 2.24) is 10.3 Å². The summed E-state index contributed by atoms with van der Waals surface area (Å²) >= 11 is 0. The molecule has 3 rings (SSSR count). The summed E-state index contributed by atoms with van der Waals surface area (Å²) in [5.74, 6) is -0.524. The van der Waals surface area contributed by atoms with Crippen molar-refractivity contribution in [2.24, 2.45) is 0 Å². The fraction of sp³-hybridized carbons (Fsp3) is 0.278. The molecule has 1 atom stereocenters. The molecule has 0 unspecified atom stereocenters. The van der Waals surface area contributed by atoms with Crippen LogP contribution < -0.4 is 15.5 Å². The molecule has 124 valence electrons. The predicted molar refractivity (Wildman–Crippen MR) is 87.3 cm³/mol. The largest absolute Gasteiger partial charge is 0.493 e. The Bertz CT molecular complexity index is 867. The number of methoxy groups -OCH3 is 1. The summed E-state index contributed by atoms with van der Waals surface area (Å²) in [7, 11) is 1.43. The fourth-order valence-electron chi connectivity index (χ4n) is 3.10. The molecule has 0 saturated carbocycles. The first kappa shape index (κ1) is 16.1. The third kappa shape index (κ3) is 2.99. The second kappa shape index (κ2) is 6.39. The van der Waals surface area contributed by atoms with Gasteiger partial charge in [-0.3, -0.25) is 9.59 Å². The van der Waals surface area contributed by atoms with Gasteiger partial charge in [0.15, 0.2) is 5.75 Å². The lowest BCUT2D eigenvalue weighted by molar-refractivity contribution is -0.119. The number of hydrogen-bond donors (Lipinski definition) is 1. The molecule has 0 saturated heterocycles. The number of nitrogens with zero attached hydrogens (tertiary/aromatic N) is 1. The van der Waals surface area contributed by atoms with Crippen molar-refractivity contribution >= 4 is 5.91 Å². The molecule has 1 aromatic carbocycles. The van der Waals surface area contributed by atoms with E-state index in [0.29, 0.717) is 18.4 Å². The van der Waals surface area contributed by atoms with Crippen molar-refractivity contribution in [3.05, 3.63) is 57.8 Å². The molecule has 0 bridgehead atoms. The van der Waals surface area contributed by atoms with Crippen molar-refractivity contribution in [3.8, 4) is 16.9 Å². The summed E-state index contributed by atoms with van der Waals surface area (Å²) in [6, 6.07) is 5.89. The van der Waals surface area contributed by atoms with Crippen LogP contribution in [0, 0.1) is 5.95 Å². The Morgan fingerprint density at radius 3 is 2.83 bits per heavy atom. The monoisotopic (exact) mass is 328 g/mol. The molecule has 2 aromatic rings. The second-order valence-corrected chi connectivity index (χ2v) is 5.74. The predicted octanol–water partition coefficient (Wildman–Crippen LogP) is 2.38. The van der Waals surface area contributed by atoms with E-state index in [1.165, 1.54) is 32.4 Å². The Kier molecular flexibility index (Phi) is 4.29. The summed E-state index contributed by atoms with van der Waals surface area (Å²) in [6.45, 7) is 1.43. The van der Waals surface area contributed by atoms with E-state index < -0.39 is 5.95 Å². The van der Waals surface area contributed by atoms with Gasteiger partial charge in [0, 0.05) is 18.7 Å². The maximum absolute atomic E-state index is 13.5. The lowest BCUT2D eigenvalue weighted by Gasteiger charge is -2.17. The number of carbonyl (C=O) groups excluding carboxylic acids is 1. The molecule has 0 aliphatic heterocycles. The Hall–Kier alpha value is -2.76. The summed E-state index contributed by atoms with van der Waals surface area (Å²) in [5, 5.41) is 2.87. The van der Waals surface area contributed by atoms with E-state index >= 15 is 0 Å². The highest BCUT2D eigenvalue weighted by Gasteiger charge is 2.24.